The fraction of sp³-hybridized carbons (Fsp3) is 0.524. The molecule has 0 aliphatic heterocycles. The van der Waals surface area contributed by atoms with Crippen LogP contribution in [0.5, 0.6) is 5.75 Å². The molecule has 1 aromatic heterocycles. The van der Waals surface area contributed by atoms with Crippen molar-refractivity contribution in [3.05, 3.63) is 48.0 Å². The number of para-hydroxylation sites is 1. The molecule has 2 N–H and O–H groups in total. The second kappa shape index (κ2) is 9.44. The standard InChI is InChI=1S/C21H31N5O/c1-16(2)14-26-11-10-23-20(26)13-25-21(22-3)24-12-18-6-4-5-7-19(18)27-15-17-8-9-17/h4-7,10-11,16-17H,8-9,12-15H2,1-3H3,(H2,22,24,25). The molecule has 27 heavy (non-hydrogen) atoms. The molecule has 1 fully saturated rings. The van der Waals surface area contributed by atoms with Crippen LogP contribution in [0.4, 0.5) is 0 Å². The Hall–Kier alpha value is -2.50. The zero-order valence-corrected chi connectivity index (χ0v) is 16.6. The van der Waals surface area contributed by atoms with Gasteiger partial charge in [0.15, 0.2) is 5.96 Å². The molecule has 1 saturated carbocycles. The molecule has 1 heterocycles. The molecule has 0 spiro atoms. The molecule has 0 unspecified atom stereocenters. The van der Waals surface area contributed by atoms with E-state index in [9.17, 15) is 0 Å². The summed E-state index contributed by atoms with van der Waals surface area (Å²) in [5, 5.41) is 6.72. The van der Waals surface area contributed by atoms with Crippen LogP contribution in [0.2, 0.25) is 0 Å². The molecule has 1 aliphatic rings. The van der Waals surface area contributed by atoms with E-state index in [1.807, 2.05) is 30.6 Å². The fourth-order valence-electron chi connectivity index (χ4n) is 2.91. The number of imidazole rings is 1. The summed E-state index contributed by atoms with van der Waals surface area (Å²) in [6, 6.07) is 8.20. The van der Waals surface area contributed by atoms with Gasteiger partial charge in [-0.05, 0) is 30.7 Å². The Morgan fingerprint density at radius 3 is 2.78 bits per heavy atom. The van der Waals surface area contributed by atoms with Crippen LogP contribution in [-0.4, -0.2) is 29.2 Å². The molecule has 1 aliphatic carbocycles. The highest BCUT2D eigenvalue weighted by Gasteiger charge is 2.22. The number of hydrogen-bond donors (Lipinski definition) is 2. The van der Waals surface area contributed by atoms with Gasteiger partial charge in [0.1, 0.15) is 11.6 Å². The number of guanidine groups is 1. The minimum atomic E-state index is 0.586. The van der Waals surface area contributed by atoms with E-state index in [0.717, 1.165) is 42.2 Å². The first-order valence-corrected chi connectivity index (χ1v) is 9.81. The Labute approximate surface area is 162 Å². The molecule has 0 saturated heterocycles. The van der Waals surface area contributed by atoms with Gasteiger partial charge in [-0.2, -0.15) is 0 Å². The number of rotatable bonds is 9. The van der Waals surface area contributed by atoms with Gasteiger partial charge in [0.25, 0.3) is 0 Å². The normalized spacial score (nSPS) is 14.4. The van der Waals surface area contributed by atoms with Gasteiger partial charge in [-0.25, -0.2) is 4.98 Å². The van der Waals surface area contributed by atoms with Gasteiger partial charge in [-0.15, -0.1) is 0 Å². The molecule has 1 aromatic carbocycles. The monoisotopic (exact) mass is 369 g/mol. The Morgan fingerprint density at radius 1 is 1.26 bits per heavy atom. The first-order valence-electron chi connectivity index (χ1n) is 9.81. The summed E-state index contributed by atoms with van der Waals surface area (Å²) in [6.45, 7) is 7.51. The lowest BCUT2D eigenvalue weighted by molar-refractivity contribution is 0.296. The zero-order valence-electron chi connectivity index (χ0n) is 16.6. The van der Waals surface area contributed by atoms with E-state index in [1.165, 1.54) is 12.8 Å². The summed E-state index contributed by atoms with van der Waals surface area (Å²) in [7, 11) is 1.78. The van der Waals surface area contributed by atoms with Crippen molar-refractivity contribution < 1.29 is 4.74 Å². The molecule has 3 rings (SSSR count). The highest BCUT2D eigenvalue weighted by atomic mass is 16.5. The minimum absolute atomic E-state index is 0.586. The predicted octanol–water partition coefficient (Wildman–Crippen LogP) is 3.19. The van der Waals surface area contributed by atoms with Crippen molar-refractivity contribution in [3.63, 3.8) is 0 Å². The lowest BCUT2D eigenvalue weighted by Crippen LogP contribution is -2.37. The lowest BCUT2D eigenvalue weighted by Gasteiger charge is -2.15. The quantitative estimate of drug-likeness (QED) is 0.526. The van der Waals surface area contributed by atoms with E-state index >= 15 is 0 Å². The Morgan fingerprint density at radius 2 is 2.04 bits per heavy atom. The number of nitrogens with zero attached hydrogens (tertiary/aromatic N) is 3. The number of aliphatic imine (C=N–C) groups is 1. The second-order valence-corrected chi connectivity index (χ2v) is 7.53. The van der Waals surface area contributed by atoms with Crippen LogP contribution >= 0.6 is 0 Å². The molecule has 146 valence electrons. The number of benzene rings is 1. The summed E-state index contributed by atoms with van der Waals surface area (Å²) in [6.07, 6.45) is 6.47. The lowest BCUT2D eigenvalue weighted by atomic mass is 10.2. The van der Waals surface area contributed by atoms with Crippen molar-refractivity contribution in [1.82, 2.24) is 20.2 Å². The van der Waals surface area contributed by atoms with Crippen molar-refractivity contribution in [3.8, 4) is 5.75 Å². The summed E-state index contributed by atoms with van der Waals surface area (Å²) in [5.41, 5.74) is 1.14. The molecular weight excluding hydrogens is 338 g/mol. The van der Waals surface area contributed by atoms with Crippen LogP contribution in [-0.2, 0) is 19.6 Å². The third-order valence-electron chi connectivity index (χ3n) is 4.59. The number of ether oxygens (including phenoxy) is 1. The Balaban J connectivity index is 1.51. The van der Waals surface area contributed by atoms with E-state index < -0.39 is 0 Å². The molecular formula is C21H31N5O. The zero-order chi connectivity index (χ0) is 19.1. The Kier molecular flexibility index (Phi) is 6.74. The van der Waals surface area contributed by atoms with Gasteiger partial charge in [-0.1, -0.05) is 32.0 Å². The second-order valence-electron chi connectivity index (χ2n) is 7.53. The SMILES string of the molecule is CN=C(NCc1ccccc1OCC1CC1)NCc1nccn1CC(C)C. The minimum Gasteiger partial charge on any atom is -0.493 e. The van der Waals surface area contributed by atoms with E-state index in [-0.39, 0.29) is 0 Å². The van der Waals surface area contributed by atoms with Crippen LogP contribution in [0.25, 0.3) is 0 Å². The maximum absolute atomic E-state index is 5.98. The molecule has 0 bridgehead atoms. The third-order valence-corrected chi connectivity index (χ3v) is 4.59. The van der Waals surface area contributed by atoms with E-state index in [4.69, 9.17) is 4.74 Å². The van der Waals surface area contributed by atoms with Crippen LogP contribution < -0.4 is 15.4 Å². The highest BCUT2D eigenvalue weighted by molar-refractivity contribution is 5.79. The van der Waals surface area contributed by atoms with Gasteiger partial charge in [-0.3, -0.25) is 4.99 Å². The van der Waals surface area contributed by atoms with Gasteiger partial charge in [0.2, 0.25) is 0 Å². The average molecular weight is 370 g/mol. The summed E-state index contributed by atoms with van der Waals surface area (Å²) in [5.74, 6) is 4.06. The number of aromatic nitrogens is 2. The maximum Gasteiger partial charge on any atom is 0.191 e. The Bertz CT molecular complexity index is 749. The third kappa shape index (κ3) is 6.01. The predicted molar refractivity (Wildman–Crippen MR) is 109 cm³/mol. The summed E-state index contributed by atoms with van der Waals surface area (Å²) >= 11 is 0. The average Bonchev–Trinajstić information content (AvgIpc) is 3.40. The number of nitrogens with one attached hydrogen (secondary N) is 2. The number of hydrogen-bond acceptors (Lipinski definition) is 3. The topological polar surface area (TPSA) is 63.5 Å². The van der Waals surface area contributed by atoms with Crippen molar-refractivity contribution in [2.45, 2.75) is 46.3 Å². The van der Waals surface area contributed by atoms with Gasteiger partial charge < -0.3 is 19.9 Å². The fourth-order valence-corrected chi connectivity index (χ4v) is 2.91. The van der Waals surface area contributed by atoms with Gasteiger partial charge in [0, 0.05) is 38.1 Å². The molecule has 2 aromatic rings. The largest absolute Gasteiger partial charge is 0.493 e. The van der Waals surface area contributed by atoms with Crippen molar-refractivity contribution in [2.75, 3.05) is 13.7 Å². The van der Waals surface area contributed by atoms with Gasteiger partial charge in [0.05, 0.1) is 13.2 Å². The first-order chi connectivity index (χ1) is 13.2. The van der Waals surface area contributed by atoms with Crippen molar-refractivity contribution in [2.24, 2.45) is 16.8 Å². The van der Waals surface area contributed by atoms with Crippen molar-refractivity contribution in [1.29, 1.82) is 0 Å². The summed E-state index contributed by atoms with van der Waals surface area (Å²) < 4.78 is 8.17. The molecule has 0 atom stereocenters. The van der Waals surface area contributed by atoms with Gasteiger partial charge >= 0.3 is 0 Å². The summed E-state index contributed by atoms with van der Waals surface area (Å²) in [4.78, 5) is 8.78. The van der Waals surface area contributed by atoms with E-state index in [2.05, 4.69) is 45.1 Å². The van der Waals surface area contributed by atoms with Crippen LogP contribution in [0.15, 0.2) is 41.7 Å². The first kappa shape index (κ1) is 19.3. The van der Waals surface area contributed by atoms with Crippen LogP contribution in [0, 0.1) is 11.8 Å². The maximum atomic E-state index is 5.98. The molecule has 6 heteroatoms. The molecule has 6 nitrogen and oxygen atoms in total. The molecule has 0 amide bonds. The van der Waals surface area contributed by atoms with Crippen LogP contribution in [0.3, 0.4) is 0 Å². The van der Waals surface area contributed by atoms with Crippen LogP contribution in [0.1, 0.15) is 38.1 Å². The molecule has 0 radical (unpaired) electrons. The van der Waals surface area contributed by atoms with Crippen molar-refractivity contribution >= 4 is 5.96 Å². The van der Waals surface area contributed by atoms with E-state index in [1.54, 1.807) is 7.05 Å². The smallest absolute Gasteiger partial charge is 0.191 e. The van der Waals surface area contributed by atoms with E-state index in [0.29, 0.717) is 19.0 Å². The highest BCUT2D eigenvalue weighted by Crippen LogP contribution is 2.30.